The topological polar surface area (TPSA) is 29.5 Å². The van der Waals surface area contributed by atoms with Gasteiger partial charge in [-0.05, 0) is 24.6 Å². The predicted octanol–water partition coefficient (Wildman–Crippen LogP) is 2.28. The molecule has 1 aromatic carbocycles. The molecule has 0 aliphatic rings. The molecule has 80 valence electrons. The fraction of sp³-hybridized carbons (Fsp3) is 0.333. The number of aliphatic hydroxyl groups is 1. The van der Waals surface area contributed by atoms with Gasteiger partial charge in [0.1, 0.15) is 0 Å². The van der Waals surface area contributed by atoms with Crippen LogP contribution in [0.2, 0.25) is 0 Å². The number of hydrogen-bond acceptors (Lipinski definition) is 2. The molecule has 1 rings (SSSR count). The fourth-order valence-electron chi connectivity index (χ4n) is 1.20. The Bertz CT molecular complexity index is 390. The molecule has 3 heteroatoms. The van der Waals surface area contributed by atoms with Crippen molar-refractivity contribution in [3.05, 3.63) is 29.6 Å². The molecule has 0 aliphatic carbocycles. The van der Waals surface area contributed by atoms with Crippen LogP contribution in [0.25, 0.3) is 0 Å². The molecule has 1 unspecified atom stereocenters. The summed E-state index contributed by atoms with van der Waals surface area (Å²) in [6.45, 7) is 1.71. The molecule has 0 spiro atoms. The lowest BCUT2D eigenvalue weighted by Gasteiger charge is -2.09. The monoisotopic (exact) mass is 208 g/mol. The van der Waals surface area contributed by atoms with E-state index in [0.717, 1.165) is 0 Å². The zero-order chi connectivity index (χ0) is 11.3. The van der Waals surface area contributed by atoms with Crippen molar-refractivity contribution >= 4 is 0 Å². The average Bonchev–Trinajstić information content (AvgIpc) is 2.26. The molecule has 1 N–H and O–H groups in total. The highest BCUT2D eigenvalue weighted by atomic mass is 19.1. The summed E-state index contributed by atoms with van der Waals surface area (Å²) < 4.78 is 17.9. The summed E-state index contributed by atoms with van der Waals surface area (Å²) in [6.07, 6.45) is -0.363. The lowest BCUT2D eigenvalue weighted by molar-refractivity contribution is 0.183. The maximum Gasteiger partial charge on any atom is 0.165 e. The largest absolute Gasteiger partial charge is 0.494 e. The van der Waals surface area contributed by atoms with Crippen LogP contribution in [0.1, 0.15) is 25.0 Å². The lowest BCUT2D eigenvalue weighted by Crippen LogP contribution is -1.98. The fourth-order valence-corrected chi connectivity index (χ4v) is 1.20. The predicted molar refractivity (Wildman–Crippen MR) is 56.0 cm³/mol. The molecule has 2 nitrogen and oxygen atoms in total. The minimum atomic E-state index is -0.702. The number of hydrogen-bond donors (Lipinski definition) is 1. The van der Waals surface area contributed by atoms with Crippen molar-refractivity contribution in [2.45, 2.75) is 19.4 Å². The third-order valence-electron chi connectivity index (χ3n) is 2.03. The van der Waals surface area contributed by atoms with Crippen LogP contribution in [-0.2, 0) is 0 Å². The zero-order valence-corrected chi connectivity index (χ0v) is 8.75. The second-order valence-corrected chi connectivity index (χ2v) is 3.04. The average molecular weight is 208 g/mol. The van der Waals surface area contributed by atoms with Crippen molar-refractivity contribution in [3.63, 3.8) is 0 Å². The molecule has 15 heavy (non-hydrogen) atoms. The third kappa shape index (κ3) is 2.97. The van der Waals surface area contributed by atoms with Crippen LogP contribution < -0.4 is 4.74 Å². The van der Waals surface area contributed by atoms with Gasteiger partial charge in [0.05, 0.1) is 13.2 Å². The molecule has 0 amide bonds. The Hall–Kier alpha value is -1.53. The number of methoxy groups -OCH3 is 1. The minimum absolute atomic E-state index is 0.135. The van der Waals surface area contributed by atoms with Gasteiger partial charge in [-0.3, -0.25) is 0 Å². The number of rotatable bonds is 3. The Morgan fingerprint density at radius 1 is 1.53 bits per heavy atom. The molecule has 0 saturated carbocycles. The third-order valence-corrected chi connectivity index (χ3v) is 2.03. The molecular formula is C12H13FO2. The Morgan fingerprint density at radius 2 is 2.27 bits per heavy atom. The minimum Gasteiger partial charge on any atom is -0.494 e. The zero-order valence-electron chi connectivity index (χ0n) is 8.75. The number of benzene rings is 1. The van der Waals surface area contributed by atoms with Gasteiger partial charge in [0.25, 0.3) is 0 Å². The van der Waals surface area contributed by atoms with Gasteiger partial charge in [0.2, 0.25) is 0 Å². The van der Waals surface area contributed by atoms with E-state index in [1.165, 1.54) is 25.3 Å². The molecule has 0 fully saturated rings. The molecule has 0 aliphatic heterocycles. The van der Waals surface area contributed by atoms with Gasteiger partial charge in [0.15, 0.2) is 11.6 Å². The van der Waals surface area contributed by atoms with E-state index in [1.54, 1.807) is 6.92 Å². The second-order valence-electron chi connectivity index (χ2n) is 3.04. The van der Waals surface area contributed by atoms with E-state index in [1.807, 2.05) is 0 Å². The Balaban J connectivity index is 2.88. The summed E-state index contributed by atoms with van der Waals surface area (Å²) >= 11 is 0. The van der Waals surface area contributed by atoms with Gasteiger partial charge in [-0.2, -0.15) is 0 Å². The SMILES string of the molecule is CC#CCC(O)c1ccc(F)c(OC)c1. The quantitative estimate of drug-likeness (QED) is 0.772. The summed E-state index contributed by atoms with van der Waals surface area (Å²) in [5.41, 5.74) is 0.607. The van der Waals surface area contributed by atoms with Crippen LogP contribution in [0, 0.1) is 17.7 Å². The molecule has 0 bridgehead atoms. The van der Waals surface area contributed by atoms with Crippen LogP contribution in [0.5, 0.6) is 5.75 Å². The Kier molecular flexibility index (Phi) is 4.14. The first-order chi connectivity index (χ1) is 7.19. The van der Waals surface area contributed by atoms with Crippen LogP contribution in [-0.4, -0.2) is 12.2 Å². The van der Waals surface area contributed by atoms with Crippen LogP contribution in [0.4, 0.5) is 4.39 Å². The van der Waals surface area contributed by atoms with Crippen molar-refractivity contribution in [2.75, 3.05) is 7.11 Å². The highest BCUT2D eigenvalue weighted by molar-refractivity contribution is 5.32. The smallest absolute Gasteiger partial charge is 0.165 e. The first-order valence-corrected chi connectivity index (χ1v) is 4.60. The summed E-state index contributed by atoms with van der Waals surface area (Å²) in [6, 6.07) is 4.29. The summed E-state index contributed by atoms with van der Waals surface area (Å²) in [5, 5.41) is 9.68. The maximum atomic E-state index is 13.1. The molecule has 0 aromatic heterocycles. The van der Waals surface area contributed by atoms with Gasteiger partial charge in [-0.25, -0.2) is 4.39 Å². The van der Waals surface area contributed by atoms with E-state index in [2.05, 4.69) is 11.8 Å². The normalized spacial score (nSPS) is 11.5. The van der Waals surface area contributed by atoms with E-state index >= 15 is 0 Å². The molecule has 0 radical (unpaired) electrons. The first-order valence-electron chi connectivity index (χ1n) is 4.60. The van der Waals surface area contributed by atoms with Crippen molar-refractivity contribution < 1.29 is 14.2 Å². The van der Waals surface area contributed by atoms with Gasteiger partial charge in [-0.1, -0.05) is 6.07 Å². The van der Waals surface area contributed by atoms with Crippen LogP contribution in [0.15, 0.2) is 18.2 Å². The lowest BCUT2D eigenvalue weighted by atomic mass is 10.1. The van der Waals surface area contributed by atoms with Gasteiger partial charge >= 0.3 is 0 Å². The van der Waals surface area contributed by atoms with Crippen molar-refractivity contribution in [3.8, 4) is 17.6 Å². The van der Waals surface area contributed by atoms with Crippen LogP contribution in [0.3, 0.4) is 0 Å². The number of halogens is 1. The van der Waals surface area contributed by atoms with E-state index in [-0.39, 0.29) is 5.75 Å². The van der Waals surface area contributed by atoms with E-state index in [0.29, 0.717) is 12.0 Å². The van der Waals surface area contributed by atoms with Gasteiger partial charge in [0, 0.05) is 6.42 Å². The van der Waals surface area contributed by atoms with E-state index in [4.69, 9.17) is 4.74 Å². The summed E-state index contributed by atoms with van der Waals surface area (Å²) in [7, 11) is 1.39. The van der Waals surface area contributed by atoms with E-state index in [9.17, 15) is 9.50 Å². The maximum absolute atomic E-state index is 13.1. The van der Waals surface area contributed by atoms with Crippen LogP contribution >= 0.6 is 0 Å². The van der Waals surface area contributed by atoms with Crippen molar-refractivity contribution in [2.24, 2.45) is 0 Å². The standard InChI is InChI=1S/C12H13FO2/c1-3-4-5-11(14)9-6-7-10(13)12(8-9)15-2/h6-8,11,14H,5H2,1-2H3. The molecule has 0 saturated heterocycles. The first kappa shape index (κ1) is 11.5. The second kappa shape index (κ2) is 5.38. The molecule has 0 heterocycles. The highest BCUT2D eigenvalue weighted by Crippen LogP contribution is 2.23. The highest BCUT2D eigenvalue weighted by Gasteiger charge is 2.09. The number of ether oxygens (including phenoxy) is 1. The summed E-state index contributed by atoms with van der Waals surface area (Å²) in [5.74, 6) is 5.16. The molecule has 1 aromatic rings. The number of aliphatic hydroxyl groups excluding tert-OH is 1. The Labute approximate surface area is 88.7 Å². The van der Waals surface area contributed by atoms with Crippen molar-refractivity contribution in [1.82, 2.24) is 0 Å². The van der Waals surface area contributed by atoms with Gasteiger partial charge < -0.3 is 9.84 Å². The molecule has 1 atom stereocenters. The van der Waals surface area contributed by atoms with Crippen molar-refractivity contribution in [1.29, 1.82) is 0 Å². The Morgan fingerprint density at radius 3 is 2.87 bits per heavy atom. The van der Waals surface area contributed by atoms with E-state index < -0.39 is 11.9 Å². The van der Waals surface area contributed by atoms with Gasteiger partial charge in [-0.15, -0.1) is 11.8 Å². The molecular weight excluding hydrogens is 195 g/mol. The summed E-state index contributed by atoms with van der Waals surface area (Å²) in [4.78, 5) is 0.